The molecule has 0 radical (unpaired) electrons. The summed E-state index contributed by atoms with van der Waals surface area (Å²) < 4.78 is 3.23. The van der Waals surface area contributed by atoms with E-state index in [-0.39, 0.29) is 5.91 Å². The molecule has 128 valence electrons. The van der Waals surface area contributed by atoms with Crippen LogP contribution in [-0.4, -0.2) is 35.9 Å². The van der Waals surface area contributed by atoms with Gasteiger partial charge in [0.15, 0.2) is 0 Å². The van der Waals surface area contributed by atoms with Crippen molar-refractivity contribution < 1.29 is 4.79 Å². The Hall–Kier alpha value is -3.81. The summed E-state index contributed by atoms with van der Waals surface area (Å²) in [4.78, 5) is 12.6. The summed E-state index contributed by atoms with van der Waals surface area (Å²) >= 11 is 0. The first kappa shape index (κ1) is 15.7. The Balaban J connectivity index is 1.48. The molecule has 0 unspecified atom stereocenters. The van der Waals surface area contributed by atoms with Gasteiger partial charge in [-0.25, -0.2) is 4.68 Å². The highest BCUT2D eigenvalue weighted by atomic mass is 16.1. The van der Waals surface area contributed by atoms with Crippen LogP contribution in [0.5, 0.6) is 0 Å². The van der Waals surface area contributed by atoms with Crippen molar-refractivity contribution in [2.45, 2.75) is 6.54 Å². The number of amides is 1. The van der Waals surface area contributed by atoms with Crippen LogP contribution < -0.4 is 5.32 Å². The summed E-state index contributed by atoms with van der Waals surface area (Å²) in [6.45, 7) is 0.371. The zero-order valence-corrected chi connectivity index (χ0v) is 13.7. The van der Waals surface area contributed by atoms with Crippen LogP contribution in [0.4, 0.5) is 0 Å². The minimum Gasteiger partial charge on any atom is -0.348 e. The Labute approximate surface area is 149 Å². The van der Waals surface area contributed by atoms with Gasteiger partial charge in [-0.15, -0.1) is 5.10 Å². The Kier molecular flexibility index (Phi) is 4.21. The average Bonchev–Trinajstić information content (AvgIpc) is 3.39. The van der Waals surface area contributed by atoms with Gasteiger partial charge in [0.1, 0.15) is 6.33 Å². The number of nitrogens with zero attached hydrogens (tertiary/aromatic N) is 6. The molecule has 0 aliphatic carbocycles. The lowest BCUT2D eigenvalue weighted by Gasteiger charge is -2.08. The van der Waals surface area contributed by atoms with Crippen LogP contribution in [-0.2, 0) is 6.54 Å². The van der Waals surface area contributed by atoms with Crippen LogP contribution in [0.1, 0.15) is 15.9 Å². The van der Waals surface area contributed by atoms with E-state index in [9.17, 15) is 4.79 Å². The van der Waals surface area contributed by atoms with Crippen LogP contribution in [0.25, 0.3) is 11.4 Å². The highest BCUT2D eigenvalue weighted by Gasteiger charge is 2.13. The molecule has 0 atom stereocenters. The molecule has 0 fully saturated rings. The second kappa shape index (κ2) is 6.98. The van der Waals surface area contributed by atoms with Gasteiger partial charge in [-0.3, -0.25) is 4.79 Å². The van der Waals surface area contributed by atoms with Crippen LogP contribution in [0.15, 0.2) is 73.3 Å². The molecule has 8 nitrogen and oxygen atoms in total. The summed E-state index contributed by atoms with van der Waals surface area (Å²) in [5.41, 5.74) is 2.99. The molecule has 0 saturated carbocycles. The molecule has 0 aliphatic heterocycles. The fourth-order valence-electron chi connectivity index (χ4n) is 2.59. The maximum atomic E-state index is 12.6. The highest BCUT2D eigenvalue weighted by Crippen LogP contribution is 2.13. The molecular formula is C18H15N7O. The van der Waals surface area contributed by atoms with Crippen LogP contribution >= 0.6 is 0 Å². The first-order chi connectivity index (χ1) is 12.8. The average molecular weight is 345 g/mol. The van der Waals surface area contributed by atoms with Gasteiger partial charge in [0.25, 0.3) is 5.91 Å². The summed E-state index contributed by atoms with van der Waals surface area (Å²) in [5.74, 6) is -0.205. The maximum absolute atomic E-state index is 12.6. The van der Waals surface area contributed by atoms with Crippen molar-refractivity contribution in [3.8, 4) is 11.4 Å². The molecule has 1 amide bonds. The number of tetrazole rings is 1. The van der Waals surface area contributed by atoms with E-state index < -0.39 is 0 Å². The van der Waals surface area contributed by atoms with Crippen molar-refractivity contribution in [3.05, 3.63) is 84.4 Å². The maximum Gasteiger partial charge on any atom is 0.253 e. The van der Waals surface area contributed by atoms with Crippen molar-refractivity contribution in [2.75, 3.05) is 0 Å². The number of nitrogens with one attached hydrogen (secondary N) is 1. The second-order valence-corrected chi connectivity index (χ2v) is 5.58. The Bertz CT molecular complexity index is 1010. The number of benzene rings is 2. The highest BCUT2D eigenvalue weighted by molar-refractivity contribution is 5.97. The van der Waals surface area contributed by atoms with Gasteiger partial charge in [0, 0.05) is 18.3 Å². The van der Waals surface area contributed by atoms with E-state index in [1.807, 2.05) is 42.6 Å². The van der Waals surface area contributed by atoms with E-state index >= 15 is 0 Å². The first-order valence-electron chi connectivity index (χ1n) is 8.01. The Morgan fingerprint density at radius 2 is 1.81 bits per heavy atom. The van der Waals surface area contributed by atoms with Gasteiger partial charge in [0.05, 0.1) is 23.1 Å². The molecule has 2 heterocycles. The van der Waals surface area contributed by atoms with Crippen LogP contribution in [0, 0.1) is 0 Å². The first-order valence-corrected chi connectivity index (χ1v) is 8.01. The smallest absolute Gasteiger partial charge is 0.253 e. The molecule has 0 spiro atoms. The van der Waals surface area contributed by atoms with Gasteiger partial charge in [-0.2, -0.15) is 9.78 Å². The summed E-state index contributed by atoms with van der Waals surface area (Å²) in [7, 11) is 0. The molecule has 1 N–H and O–H groups in total. The van der Waals surface area contributed by atoms with E-state index in [0.29, 0.717) is 17.8 Å². The lowest BCUT2D eigenvalue weighted by atomic mass is 10.1. The zero-order valence-electron chi connectivity index (χ0n) is 13.7. The van der Waals surface area contributed by atoms with Crippen molar-refractivity contribution >= 4 is 5.91 Å². The lowest BCUT2D eigenvalue weighted by molar-refractivity contribution is 0.0950. The van der Waals surface area contributed by atoms with Crippen molar-refractivity contribution in [3.63, 3.8) is 0 Å². The van der Waals surface area contributed by atoms with E-state index in [1.165, 1.54) is 11.0 Å². The molecule has 0 saturated heterocycles. The van der Waals surface area contributed by atoms with Crippen molar-refractivity contribution in [2.24, 2.45) is 0 Å². The van der Waals surface area contributed by atoms with Crippen LogP contribution in [0.2, 0.25) is 0 Å². The monoisotopic (exact) mass is 345 g/mol. The minimum atomic E-state index is -0.205. The standard InChI is InChI=1S/C18H15N7O/c26-18(16-8-4-5-9-17(16)25-13-20-22-23-25)19-10-14-11-21-24(12-14)15-6-2-1-3-7-15/h1-9,11-13H,10H2,(H,19,26). The van der Waals surface area contributed by atoms with Gasteiger partial charge >= 0.3 is 0 Å². The minimum absolute atomic E-state index is 0.205. The fourth-order valence-corrected chi connectivity index (χ4v) is 2.59. The van der Waals surface area contributed by atoms with E-state index in [1.54, 1.807) is 29.1 Å². The Morgan fingerprint density at radius 3 is 2.62 bits per heavy atom. The molecule has 0 aliphatic rings. The molecule has 8 heteroatoms. The largest absolute Gasteiger partial charge is 0.348 e. The number of carbonyl (C=O) groups is 1. The number of aromatic nitrogens is 6. The molecule has 0 bridgehead atoms. The van der Waals surface area contributed by atoms with Gasteiger partial charge < -0.3 is 5.32 Å². The number of para-hydroxylation sites is 2. The molecule has 4 rings (SSSR count). The van der Waals surface area contributed by atoms with Crippen molar-refractivity contribution in [1.29, 1.82) is 0 Å². The Morgan fingerprint density at radius 1 is 1.00 bits per heavy atom. The summed E-state index contributed by atoms with van der Waals surface area (Å²) in [5, 5.41) is 18.3. The normalized spacial score (nSPS) is 10.6. The third kappa shape index (κ3) is 3.20. The lowest BCUT2D eigenvalue weighted by Crippen LogP contribution is -2.24. The topological polar surface area (TPSA) is 90.5 Å². The van der Waals surface area contributed by atoms with Gasteiger partial charge in [-0.05, 0) is 34.7 Å². The van der Waals surface area contributed by atoms with Gasteiger partial charge in [0.2, 0.25) is 0 Å². The van der Waals surface area contributed by atoms with E-state index in [0.717, 1.165) is 11.3 Å². The van der Waals surface area contributed by atoms with E-state index in [4.69, 9.17) is 0 Å². The molecule has 26 heavy (non-hydrogen) atoms. The number of hydrogen-bond acceptors (Lipinski definition) is 5. The molecule has 2 aromatic heterocycles. The number of carbonyl (C=O) groups excluding carboxylic acids is 1. The van der Waals surface area contributed by atoms with Crippen molar-refractivity contribution in [1.82, 2.24) is 35.3 Å². The quantitative estimate of drug-likeness (QED) is 0.595. The summed E-state index contributed by atoms with van der Waals surface area (Å²) in [6, 6.07) is 17.0. The fraction of sp³-hybridized carbons (Fsp3) is 0.0556. The summed E-state index contributed by atoms with van der Waals surface area (Å²) in [6.07, 6.45) is 5.08. The van der Waals surface area contributed by atoms with Gasteiger partial charge in [-0.1, -0.05) is 30.3 Å². The third-order valence-corrected chi connectivity index (χ3v) is 3.85. The number of rotatable bonds is 5. The van der Waals surface area contributed by atoms with Crippen LogP contribution in [0.3, 0.4) is 0 Å². The number of hydrogen-bond donors (Lipinski definition) is 1. The predicted molar refractivity (Wildman–Crippen MR) is 93.9 cm³/mol. The zero-order chi connectivity index (χ0) is 17.8. The molecule has 2 aromatic carbocycles. The predicted octanol–water partition coefficient (Wildman–Crippen LogP) is 1.78. The molecule has 4 aromatic rings. The third-order valence-electron chi connectivity index (χ3n) is 3.85. The SMILES string of the molecule is O=C(NCc1cnn(-c2ccccc2)c1)c1ccccc1-n1cnnn1. The second-order valence-electron chi connectivity index (χ2n) is 5.58. The van der Waals surface area contributed by atoms with E-state index in [2.05, 4.69) is 25.9 Å². The molecular weight excluding hydrogens is 330 g/mol.